The van der Waals surface area contributed by atoms with Gasteiger partial charge in [0.1, 0.15) is 0 Å². The van der Waals surface area contributed by atoms with Crippen LogP contribution in [-0.4, -0.2) is 13.6 Å². The summed E-state index contributed by atoms with van der Waals surface area (Å²) in [5.41, 5.74) is 2.01. The molecule has 5 nitrogen and oxygen atoms in total. The Morgan fingerprint density at radius 1 is 1.22 bits per heavy atom. The third kappa shape index (κ3) is 3.36. The fraction of sp³-hybridized carbons (Fsp3) is 0.188. The van der Waals surface area contributed by atoms with Crippen molar-refractivity contribution >= 4 is 21.4 Å². The van der Waals surface area contributed by atoms with Crippen molar-refractivity contribution in [1.82, 2.24) is 9.88 Å². The number of nitrogens with zero attached hydrogens (tertiary/aromatic N) is 1. The second-order valence-electron chi connectivity index (χ2n) is 5.16. The average molecular weight is 348 g/mol. The van der Waals surface area contributed by atoms with Crippen LogP contribution in [0.25, 0.3) is 10.6 Å². The van der Waals surface area contributed by atoms with Gasteiger partial charge in [-0.2, -0.15) is 0 Å². The molecule has 0 atom stereocenters. The number of aryl methyl sites for hydroxylation is 2. The molecule has 0 amide bonds. The predicted molar refractivity (Wildman–Crippen MR) is 89.8 cm³/mol. The molecule has 1 N–H and O–H groups in total. The lowest BCUT2D eigenvalue weighted by Crippen LogP contribution is -2.23. The van der Waals surface area contributed by atoms with Crippen molar-refractivity contribution in [2.75, 3.05) is 0 Å². The van der Waals surface area contributed by atoms with Crippen LogP contribution in [0.5, 0.6) is 0 Å². The highest BCUT2D eigenvalue weighted by Gasteiger charge is 2.21. The molecular weight excluding hydrogens is 332 g/mol. The first kappa shape index (κ1) is 15.9. The van der Waals surface area contributed by atoms with Crippen molar-refractivity contribution < 1.29 is 12.9 Å². The van der Waals surface area contributed by atoms with E-state index < -0.39 is 10.0 Å². The van der Waals surface area contributed by atoms with Crippen LogP contribution in [0.1, 0.15) is 16.0 Å². The maximum absolute atomic E-state index is 12.6. The van der Waals surface area contributed by atoms with Gasteiger partial charge in [-0.25, -0.2) is 13.1 Å². The molecule has 1 aromatic carbocycles. The Labute approximate surface area is 139 Å². The summed E-state index contributed by atoms with van der Waals surface area (Å²) in [6.45, 7) is 4.01. The number of rotatable bonds is 5. The average Bonchev–Trinajstić information content (AvgIpc) is 3.15. The van der Waals surface area contributed by atoms with Gasteiger partial charge in [-0.15, -0.1) is 11.3 Å². The molecule has 3 rings (SSSR count). The van der Waals surface area contributed by atoms with E-state index in [2.05, 4.69) is 9.88 Å². The zero-order valence-corrected chi connectivity index (χ0v) is 14.4. The fourth-order valence-corrected chi connectivity index (χ4v) is 4.81. The normalized spacial score (nSPS) is 11.7. The Bertz CT molecular complexity index is 913. The van der Waals surface area contributed by atoms with Crippen LogP contribution in [0.4, 0.5) is 0 Å². The Balaban J connectivity index is 1.84. The molecule has 0 saturated carbocycles. The second-order valence-corrected chi connectivity index (χ2v) is 8.15. The summed E-state index contributed by atoms with van der Waals surface area (Å²) >= 11 is 1.37. The topological polar surface area (TPSA) is 72.2 Å². The van der Waals surface area contributed by atoms with Crippen LogP contribution in [-0.2, 0) is 16.6 Å². The van der Waals surface area contributed by atoms with Crippen LogP contribution >= 0.6 is 11.3 Å². The van der Waals surface area contributed by atoms with Crippen molar-refractivity contribution in [2.24, 2.45) is 0 Å². The second kappa shape index (κ2) is 6.27. The van der Waals surface area contributed by atoms with Crippen LogP contribution in [0, 0.1) is 13.8 Å². The number of thiophene rings is 1. The molecule has 0 unspecified atom stereocenters. The first-order chi connectivity index (χ1) is 11.0. The van der Waals surface area contributed by atoms with E-state index in [1.54, 1.807) is 19.1 Å². The van der Waals surface area contributed by atoms with Gasteiger partial charge in [0.2, 0.25) is 10.0 Å². The van der Waals surface area contributed by atoms with E-state index in [1.165, 1.54) is 17.5 Å². The Morgan fingerprint density at radius 2 is 2.00 bits per heavy atom. The molecule has 0 aliphatic carbocycles. The van der Waals surface area contributed by atoms with Gasteiger partial charge >= 0.3 is 0 Å². The number of aromatic nitrogens is 1. The molecule has 2 heterocycles. The van der Waals surface area contributed by atoms with Gasteiger partial charge in [-0.3, -0.25) is 0 Å². The molecule has 0 spiro atoms. The molecule has 0 bridgehead atoms. The minimum atomic E-state index is -3.58. The smallest absolute Gasteiger partial charge is 0.241 e. The number of nitrogens with one attached hydrogen (secondary N) is 1. The molecule has 0 radical (unpaired) electrons. The maximum atomic E-state index is 12.6. The molecule has 0 fully saturated rings. The van der Waals surface area contributed by atoms with Crippen LogP contribution in [0.15, 0.2) is 52.0 Å². The molecule has 0 aliphatic heterocycles. The quantitative estimate of drug-likeness (QED) is 0.766. The van der Waals surface area contributed by atoms with Gasteiger partial charge in [-0.05, 0) is 31.0 Å². The highest BCUT2D eigenvalue weighted by molar-refractivity contribution is 7.89. The fourth-order valence-electron chi connectivity index (χ4n) is 2.26. The first-order valence-corrected chi connectivity index (χ1v) is 9.33. The Kier molecular flexibility index (Phi) is 4.34. The highest BCUT2D eigenvalue weighted by Crippen LogP contribution is 2.33. The molecule has 7 heteroatoms. The zero-order valence-electron chi connectivity index (χ0n) is 12.7. The molecular formula is C16H16N2O3S2. The minimum absolute atomic E-state index is 0.266. The SMILES string of the molecule is Cc1ccccc1CNS(=O)(=O)c1cc(-c2ccno2)sc1C. The van der Waals surface area contributed by atoms with Gasteiger partial charge in [0.05, 0.1) is 16.0 Å². The van der Waals surface area contributed by atoms with E-state index in [4.69, 9.17) is 4.52 Å². The van der Waals surface area contributed by atoms with E-state index in [-0.39, 0.29) is 11.4 Å². The predicted octanol–water partition coefficient (Wildman–Crippen LogP) is 3.50. The van der Waals surface area contributed by atoms with Crippen molar-refractivity contribution in [3.05, 3.63) is 58.6 Å². The Morgan fingerprint density at radius 3 is 2.70 bits per heavy atom. The van der Waals surface area contributed by atoms with Crippen LogP contribution in [0.3, 0.4) is 0 Å². The first-order valence-electron chi connectivity index (χ1n) is 7.03. The molecule has 3 aromatic rings. The number of sulfonamides is 1. The largest absolute Gasteiger partial charge is 0.355 e. The van der Waals surface area contributed by atoms with E-state index in [1.807, 2.05) is 31.2 Å². The minimum Gasteiger partial charge on any atom is -0.355 e. The summed E-state index contributed by atoms with van der Waals surface area (Å²) in [6, 6.07) is 11.0. The third-order valence-corrected chi connectivity index (χ3v) is 6.28. The van der Waals surface area contributed by atoms with Crippen molar-refractivity contribution in [3.8, 4) is 10.6 Å². The lowest BCUT2D eigenvalue weighted by molar-refractivity contribution is 0.433. The van der Waals surface area contributed by atoms with Crippen molar-refractivity contribution in [1.29, 1.82) is 0 Å². The van der Waals surface area contributed by atoms with Crippen LogP contribution < -0.4 is 4.72 Å². The molecule has 0 aliphatic rings. The summed E-state index contributed by atoms with van der Waals surface area (Å²) in [6.07, 6.45) is 1.54. The zero-order chi connectivity index (χ0) is 16.4. The van der Waals surface area contributed by atoms with Gasteiger partial charge < -0.3 is 4.52 Å². The standard InChI is InChI=1S/C16H16N2O3S2/c1-11-5-3-4-6-13(11)10-18-23(19,20)16-9-15(22-12(16)2)14-7-8-17-21-14/h3-9,18H,10H2,1-2H3. The number of hydrogen-bond acceptors (Lipinski definition) is 5. The molecule has 0 saturated heterocycles. The monoisotopic (exact) mass is 348 g/mol. The van der Waals surface area contributed by atoms with E-state index in [9.17, 15) is 8.42 Å². The molecule has 120 valence electrons. The molecule has 2 aromatic heterocycles. The number of hydrogen-bond donors (Lipinski definition) is 1. The van der Waals surface area contributed by atoms with Gasteiger partial charge in [0.25, 0.3) is 0 Å². The number of benzene rings is 1. The Hall–Kier alpha value is -1.96. The van der Waals surface area contributed by atoms with Gasteiger partial charge in [-0.1, -0.05) is 29.4 Å². The maximum Gasteiger partial charge on any atom is 0.241 e. The van der Waals surface area contributed by atoms with E-state index in [0.29, 0.717) is 10.6 Å². The summed E-state index contributed by atoms with van der Waals surface area (Å²) in [5.74, 6) is 0.568. The van der Waals surface area contributed by atoms with Gasteiger partial charge in [0.15, 0.2) is 5.76 Å². The van der Waals surface area contributed by atoms with Crippen LogP contribution in [0.2, 0.25) is 0 Å². The van der Waals surface area contributed by atoms with E-state index in [0.717, 1.165) is 16.0 Å². The summed E-state index contributed by atoms with van der Waals surface area (Å²) < 4.78 is 32.9. The summed E-state index contributed by atoms with van der Waals surface area (Å²) in [7, 11) is -3.58. The molecule has 23 heavy (non-hydrogen) atoms. The third-order valence-electron chi connectivity index (χ3n) is 3.56. The lowest BCUT2D eigenvalue weighted by Gasteiger charge is -2.08. The lowest BCUT2D eigenvalue weighted by atomic mass is 10.1. The highest BCUT2D eigenvalue weighted by atomic mass is 32.2. The van der Waals surface area contributed by atoms with Crippen molar-refractivity contribution in [2.45, 2.75) is 25.3 Å². The van der Waals surface area contributed by atoms with Crippen molar-refractivity contribution in [3.63, 3.8) is 0 Å². The van der Waals surface area contributed by atoms with E-state index >= 15 is 0 Å². The summed E-state index contributed by atoms with van der Waals surface area (Å²) in [4.78, 5) is 1.74. The van der Waals surface area contributed by atoms with Gasteiger partial charge in [0, 0.05) is 17.5 Å². The summed E-state index contributed by atoms with van der Waals surface area (Å²) in [5, 5.41) is 3.65.